The first kappa shape index (κ1) is 13.6. The van der Waals surface area contributed by atoms with Crippen molar-refractivity contribution in [2.24, 2.45) is 0 Å². The Morgan fingerprint density at radius 1 is 1.23 bits per heavy atom. The van der Waals surface area contributed by atoms with Crippen LogP contribution in [0.25, 0.3) is 22.3 Å². The summed E-state index contributed by atoms with van der Waals surface area (Å²) < 4.78 is 0. The molecule has 22 heavy (non-hydrogen) atoms. The van der Waals surface area contributed by atoms with Gasteiger partial charge in [-0.1, -0.05) is 30.5 Å². The molecule has 0 radical (unpaired) electrons. The summed E-state index contributed by atoms with van der Waals surface area (Å²) in [6.45, 7) is 0. The van der Waals surface area contributed by atoms with Crippen molar-refractivity contribution in [2.75, 3.05) is 5.32 Å². The number of halogens is 1. The summed E-state index contributed by atoms with van der Waals surface area (Å²) in [6.07, 6.45) is 8.68. The van der Waals surface area contributed by atoms with Crippen molar-refractivity contribution in [1.29, 1.82) is 0 Å². The van der Waals surface area contributed by atoms with Gasteiger partial charge in [0.25, 0.3) is 0 Å². The maximum absolute atomic E-state index is 6.07. The third kappa shape index (κ3) is 2.55. The van der Waals surface area contributed by atoms with Gasteiger partial charge in [0, 0.05) is 29.4 Å². The molecule has 0 unspecified atom stereocenters. The molecule has 3 heterocycles. The maximum atomic E-state index is 6.07. The van der Waals surface area contributed by atoms with Gasteiger partial charge in [0.2, 0.25) is 0 Å². The Labute approximate surface area is 133 Å². The fourth-order valence-corrected chi connectivity index (χ4v) is 3.29. The van der Waals surface area contributed by atoms with Crippen molar-refractivity contribution in [3.63, 3.8) is 0 Å². The monoisotopic (exact) mass is 312 g/mol. The molecule has 4 rings (SSSR count). The van der Waals surface area contributed by atoms with Crippen molar-refractivity contribution in [3.05, 3.63) is 41.7 Å². The summed E-state index contributed by atoms with van der Waals surface area (Å²) in [6, 6.07) is 8.57. The minimum Gasteiger partial charge on any atom is -0.367 e. The molecule has 0 spiro atoms. The lowest BCUT2D eigenvalue weighted by atomic mass is 10.1. The molecule has 3 aromatic heterocycles. The first-order chi connectivity index (χ1) is 10.8. The lowest BCUT2D eigenvalue weighted by Gasteiger charge is -2.13. The molecule has 1 aliphatic carbocycles. The van der Waals surface area contributed by atoms with Crippen LogP contribution in [0.5, 0.6) is 0 Å². The Morgan fingerprint density at radius 2 is 2.09 bits per heavy atom. The SMILES string of the molecule is Clc1cnc2[nH]cc(-c3cccc(NC4CCCC4)n3)c2c1. The zero-order valence-electron chi connectivity index (χ0n) is 12.1. The second-order valence-corrected chi connectivity index (χ2v) is 6.22. The summed E-state index contributed by atoms with van der Waals surface area (Å²) in [5.41, 5.74) is 2.79. The van der Waals surface area contributed by atoms with Crippen LogP contribution in [0.15, 0.2) is 36.7 Å². The quantitative estimate of drug-likeness (QED) is 0.741. The molecule has 4 nitrogen and oxygen atoms in total. The second kappa shape index (κ2) is 5.61. The van der Waals surface area contributed by atoms with Gasteiger partial charge in [0.15, 0.2) is 0 Å². The Hall–Kier alpha value is -2.07. The van der Waals surface area contributed by atoms with Gasteiger partial charge in [-0.25, -0.2) is 9.97 Å². The third-order valence-corrected chi connectivity index (χ3v) is 4.44. The van der Waals surface area contributed by atoms with E-state index in [2.05, 4.69) is 15.3 Å². The standard InChI is InChI=1S/C17H17ClN4/c18-11-8-13-14(10-20-17(13)19-9-11)15-6-3-7-16(22-15)21-12-4-1-2-5-12/h3,6-10,12H,1-2,4-5H2,(H,19,20)(H,21,22). The van der Waals surface area contributed by atoms with Gasteiger partial charge < -0.3 is 10.3 Å². The van der Waals surface area contributed by atoms with Gasteiger partial charge in [-0.05, 0) is 31.0 Å². The molecule has 1 fully saturated rings. The first-order valence-electron chi connectivity index (χ1n) is 7.66. The number of pyridine rings is 2. The van der Waals surface area contributed by atoms with E-state index < -0.39 is 0 Å². The smallest absolute Gasteiger partial charge is 0.138 e. The summed E-state index contributed by atoms with van der Waals surface area (Å²) in [4.78, 5) is 12.2. The van der Waals surface area contributed by atoms with E-state index in [0.717, 1.165) is 28.1 Å². The fraction of sp³-hybridized carbons (Fsp3) is 0.294. The maximum Gasteiger partial charge on any atom is 0.138 e. The molecular formula is C17H17ClN4. The van der Waals surface area contributed by atoms with Crippen LogP contribution in [0, 0.1) is 0 Å². The predicted molar refractivity (Wildman–Crippen MR) is 90.2 cm³/mol. The lowest BCUT2D eigenvalue weighted by Crippen LogP contribution is -2.15. The van der Waals surface area contributed by atoms with E-state index >= 15 is 0 Å². The highest BCUT2D eigenvalue weighted by Crippen LogP contribution is 2.29. The molecule has 0 saturated heterocycles. The number of hydrogen-bond acceptors (Lipinski definition) is 3. The fourth-order valence-electron chi connectivity index (χ4n) is 3.13. The highest BCUT2D eigenvalue weighted by molar-refractivity contribution is 6.31. The summed E-state index contributed by atoms with van der Waals surface area (Å²) in [5, 5.41) is 5.17. The van der Waals surface area contributed by atoms with Crippen molar-refractivity contribution in [2.45, 2.75) is 31.7 Å². The number of rotatable bonds is 3. The van der Waals surface area contributed by atoms with E-state index in [9.17, 15) is 0 Å². The summed E-state index contributed by atoms with van der Waals surface area (Å²) in [5.74, 6) is 0.939. The Morgan fingerprint density at radius 3 is 2.95 bits per heavy atom. The Kier molecular flexibility index (Phi) is 3.47. The third-order valence-electron chi connectivity index (χ3n) is 4.23. The van der Waals surface area contributed by atoms with E-state index in [-0.39, 0.29) is 0 Å². The molecule has 0 amide bonds. The van der Waals surface area contributed by atoms with Crippen LogP contribution in [0.3, 0.4) is 0 Å². The molecule has 0 aliphatic heterocycles. The van der Waals surface area contributed by atoms with Crippen LogP contribution in [-0.4, -0.2) is 21.0 Å². The number of nitrogens with one attached hydrogen (secondary N) is 2. The molecule has 2 N–H and O–H groups in total. The predicted octanol–water partition coefficient (Wildman–Crippen LogP) is 4.63. The molecule has 1 aliphatic rings. The highest BCUT2D eigenvalue weighted by atomic mass is 35.5. The van der Waals surface area contributed by atoms with E-state index in [1.165, 1.54) is 25.7 Å². The van der Waals surface area contributed by atoms with Crippen LogP contribution >= 0.6 is 11.6 Å². The zero-order valence-corrected chi connectivity index (χ0v) is 12.9. The molecule has 0 aromatic carbocycles. The second-order valence-electron chi connectivity index (χ2n) is 5.79. The molecule has 1 saturated carbocycles. The van der Waals surface area contributed by atoms with Crippen molar-refractivity contribution < 1.29 is 0 Å². The number of nitrogens with zero attached hydrogens (tertiary/aromatic N) is 2. The number of fused-ring (bicyclic) bond motifs is 1. The summed E-state index contributed by atoms with van der Waals surface area (Å²) >= 11 is 6.07. The Bertz CT molecular complexity index is 805. The number of anilines is 1. The van der Waals surface area contributed by atoms with E-state index in [1.54, 1.807) is 6.20 Å². The number of H-pyrrole nitrogens is 1. The largest absolute Gasteiger partial charge is 0.367 e. The van der Waals surface area contributed by atoms with Gasteiger partial charge in [0.05, 0.1) is 10.7 Å². The van der Waals surface area contributed by atoms with Gasteiger partial charge in [-0.3, -0.25) is 0 Å². The Balaban J connectivity index is 1.70. The normalized spacial score (nSPS) is 15.5. The van der Waals surface area contributed by atoms with Crippen molar-refractivity contribution in [1.82, 2.24) is 15.0 Å². The topological polar surface area (TPSA) is 53.6 Å². The van der Waals surface area contributed by atoms with E-state index in [1.807, 2.05) is 30.5 Å². The molecule has 0 bridgehead atoms. The van der Waals surface area contributed by atoms with Crippen LogP contribution < -0.4 is 5.32 Å². The minimum absolute atomic E-state index is 0.557. The van der Waals surface area contributed by atoms with Gasteiger partial charge in [-0.15, -0.1) is 0 Å². The van der Waals surface area contributed by atoms with Crippen molar-refractivity contribution >= 4 is 28.5 Å². The average Bonchev–Trinajstić information content (AvgIpc) is 3.16. The van der Waals surface area contributed by atoms with Crippen molar-refractivity contribution in [3.8, 4) is 11.3 Å². The molecule has 0 atom stereocenters. The van der Waals surface area contributed by atoms with Crippen LogP contribution in [0.4, 0.5) is 5.82 Å². The van der Waals surface area contributed by atoms with E-state index in [4.69, 9.17) is 16.6 Å². The molecule has 5 heteroatoms. The summed E-state index contributed by atoms with van der Waals surface area (Å²) in [7, 11) is 0. The average molecular weight is 313 g/mol. The first-order valence-corrected chi connectivity index (χ1v) is 8.04. The van der Waals surface area contributed by atoms with Crippen LogP contribution in [-0.2, 0) is 0 Å². The van der Waals surface area contributed by atoms with E-state index in [0.29, 0.717) is 11.1 Å². The highest BCUT2D eigenvalue weighted by Gasteiger charge is 2.15. The molecule has 112 valence electrons. The number of aromatic amines is 1. The zero-order chi connectivity index (χ0) is 14.9. The minimum atomic E-state index is 0.557. The van der Waals surface area contributed by atoms with Gasteiger partial charge in [-0.2, -0.15) is 0 Å². The number of hydrogen-bond donors (Lipinski definition) is 2. The molecule has 3 aromatic rings. The van der Waals surface area contributed by atoms with Crippen LogP contribution in [0.2, 0.25) is 5.02 Å². The van der Waals surface area contributed by atoms with Gasteiger partial charge in [0.1, 0.15) is 11.5 Å². The van der Waals surface area contributed by atoms with Gasteiger partial charge >= 0.3 is 0 Å². The van der Waals surface area contributed by atoms with Crippen LogP contribution in [0.1, 0.15) is 25.7 Å². The number of aromatic nitrogens is 3. The molecular weight excluding hydrogens is 296 g/mol. The lowest BCUT2D eigenvalue weighted by molar-refractivity contribution is 0.751.